The van der Waals surface area contributed by atoms with Gasteiger partial charge < -0.3 is 17.3 Å². The molecule has 0 atom stereocenters. The van der Waals surface area contributed by atoms with Crippen molar-refractivity contribution in [2.75, 3.05) is 0 Å². The molecule has 0 bridgehead atoms. The number of hydrogen-bond acceptors (Lipinski definition) is 2. The highest BCUT2D eigenvalue weighted by Gasteiger charge is 2.20. The highest BCUT2D eigenvalue weighted by Crippen LogP contribution is 2.17. The molecule has 0 aliphatic rings. The van der Waals surface area contributed by atoms with Crippen molar-refractivity contribution < 1.29 is 17.3 Å². The second kappa shape index (κ2) is 7.42. The lowest BCUT2D eigenvalue weighted by Crippen LogP contribution is -2.02. The molecular formula is C13H12BF4N2-. The Labute approximate surface area is 114 Å². The SMILES string of the molecule is Cc1ccc(/N=N/c2ccccc2)cc1.F[B-](F)(F)F. The Kier molecular flexibility index (Phi) is 5.89. The summed E-state index contributed by atoms with van der Waals surface area (Å²) in [6.07, 6.45) is 0. The molecule has 0 saturated heterocycles. The predicted octanol–water partition coefficient (Wildman–Crippen LogP) is 5.71. The predicted molar refractivity (Wildman–Crippen MR) is 72.0 cm³/mol. The van der Waals surface area contributed by atoms with Gasteiger partial charge in [0.15, 0.2) is 0 Å². The smallest absolute Gasteiger partial charge is 0.418 e. The normalized spacial score (nSPS) is 11.1. The first-order valence-corrected chi connectivity index (χ1v) is 5.75. The van der Waals surface area contributed by atoms with Gasteiger partial charge >= 0.3 is 7.25 Å². The Balaban J connectivity index is 0.000000347. The van der Waals surface area contributed by atoms with E-state index in [1.54, 1.807) is 0 Å². The van der Waals surface area contributed by atoms with E-state index >= 15 is 0 Å². The number of nitrogens with zero attached hydrogens (tertiary/aromatic N) is 2. The van der Waals surface area contributed by atoms with Gasteiger partial charge in [0.25, 0.3) is 0 Å². The molecule has 0 aliphatic carbocycles. The third-order valence-electron chi connectivity index (χ3n) is 2.07. The summed E-state index contributed by atoms with van der Waals surface area (Å²) in [5, 5.41) is 8.27. The van der Waals surface area contributed by atoms with Crippen LogP contribution in [0, 0.1) is 6.92 Å². The molecule has 0 aromatic heterocycles. The van der Waals surface area contributed by atoms with Crippen molar-refractivity contribution in [2.24, 2.45) is 10.2 Å². The minimum atomic E-state index is -6.00. The molecule has 0 aliphatic heterocycles. The van der Waals surface area contributed by atoms with Gasteiger partial charge in [0.2, 0.25) is 0 Å². The highest BCUT2D eigenvalue weighted by molar-refractivity contribution is 6.50. The summed E-state index contributed by atoms with van der Waals surface area (Å²) in [5.74, 6) is 0. The Morgan fingerprint density at radius 2 is 1.10 bits per heavy atom. The summed E-state index contributed by atoms with van der Waals surface area (Å²) < 4.78 is 39.0. The average molecular weight is 283 g/mol. The van der Waals surface area contributed by atoms with Gasteiger partial charge in [0.1, 0.15) is 0 Å². The Hall–Kier alpha value is -2.18. The van der Waals surface area contributed by atoms with E-state index in [9.17, 15) is 17.3 Å². The van der Waals surface area contributed by atoms with E-state index in [0.717, 1.165) is 11.4 Å². The molecule has 20 heavy (non-hydrogen) atoms. The van der Waals surface area contributed by atoms with Crippen LogP contribution in [0.3, 0.4) is 0 Å². The van der Waals surface area contributed by atoms with E-state index in [0.29, 0.717) is 0 Å². The second-order valence-electron chi connectivity index (χ2n) is 3.87. The zero-order chi connectivity index (χ0) is 15.0. The average Bonchev–Trinajstić information content (AvgIpc) is 2.37. The van der Waals surface area contributed by atoms with Crippen LogP contribution in [0.4, 0.5) is 28.6 Å². The lowest BCUT2D eigenvalue weighted by molar-refractivity contribution is 0.368. The molecule has 2 rings (SSSR count). The standard InChI is InChI=1S/C13H12N2.BF4/c1-11-7-9-13(10-8-11)15-14-12-5-3-2-4-6-12;2-1(3,4)5/h2-10H,1H3;/q;-1/b15-14+;. The third-order valence-corrected chi connectivity index (χ3v) is 2.07. The number of benzene rings is 2. The van der Waals surface area contributed by atoms with Gasteiger partial charge in [0.05, 0.1) is 11.4 Å². The summed E-state index contributed by atoms with van der Waals surface area (Å²) in [6, 6.07) is 17.7. The summed E-state index contributed by atoms with van der Waals surface area (Å²) >= 11 is 0. The molecular weight excluding hydrogens is 271 g/mol. The molecule has 0 fully saturated rings. The van der Waals surface area contributed by atoms with Crippen molar-refractivity contribution >= 4 is 18.6 Å². The van der Waals surface area contributed by atoms with Gasteiger partial charge in [-0.05, 0) is 31.2 Å². The first-order chi connectivity index (χ1) is 9.34. The lowest BCUT2D eigenvalue weighted by Gasteiger charge is -1.94. The van der Waals surface area contributed by atoms with E-state index in [4.69, 9.17) is 0 Å². The van der Waals surface area contributed by atoms with E-state index in [1.165, 1.54) is 5.56 Å². The van der Waals surface area contributed by atoms with Gasteiger partial charge in [-0.2, -0.15) is 10.2 Å². The minimum absolute atomic E-state index is 0.873. The van der Waals surface area contributed by atoms with Crippen molar-refractivity contribution in [3.8, 4) is 0 Å². The molecule has 0 heterocycles. The largest absolute Gasteiger partial charge is 0.673 e. The van der Waals surface area contributed by atoms with Crippen LogP contribution in [0.15, 0.2) is 64.8 Å². The number of halogens is 4. The molecule has 106 valence electrons. The molecule has 0 unspecified atom stereocenters. The fourth-order valence-electron chi connectivity index (χ4n) is 1.22. The van der Waals surface area contributed by atoms with Crippen LogP contribution in [-0.2, 0) is 0 Å². The summed E-state index contributed by atoms with van der Waals surface area (Å²) in [6.45, 7) is 2.05. The summed E-state index contributed by atoms with van der Waals surface area (Å²) in [5.41, 5.74) is 2.98. The highest BCUT2D eigenvalue weighted by atomic mass is 19.5. The summed E-state index contributed by atoms with van der Waals surface area (Å²) in [4.78, 5) is 0. The maximum absolute atomic E-state index is 9.75. The van der Waals surface area contributed by atoms with Crippen molar-refractivity contribution in [1.82, 2.24) is 0 Å². The van der Waals surface area contributed by atoms with Crippen LogP contribution in [0.1, 0.15) is 5.56 Å². The van der Waals surface area contributed by atoms with Crippen LogP contribution in [0.25, 0.3) is 0 Å². The lowest BCUT2D eigenvalue weighted by atomic mass is 10.2. The molecule has 0 amide bonds. The van der Waals surface area contributed by atoms with Crippen molar-refractivity contribution in [3.05, 3.63) is 60.2 Å². The fourth-order valence-corrected chi connectivity index (χ4v) is 1.22. The molecule has 2 aromatic rings. The fraction of sp³-hybridized carbons (Fsp3) is 0.0769. The first-order valence-electron chi connectivity index (χ1n) is 5.75. The number of hydrogen-bond donors (Lipinski definition) is 0. The third kappa shape index (κ3) is 8.02. The molecule has 0 N–H and O–H groups in total. The minimum Gasteiger partial charge on any atom is -0.418 e. The topological polar surface area (TPSA) is 24.7 Å². The first kappa shape index (κ1) is 15.9. The molecule has 0 saturated carbocycles. The van der Waals surface area contributed by atoms with Crippen LogP contribution in [0.2, 0.25) is 0 Å². The zero-order valence-electron chi connectivity index (χ0n) is 10.7. The molecule has 2 aromatic carbocycles. The van der Waals surface area contributed by atoms with Crippen molar-refractivity contribution in [3.63, 3.8) is 0 Å². The molecule has 7 heteroatoms. The van der Waals surface area contributed by atoms with Crippen LogP contribution in [0.5, 0.6) is 0 Å². The van der Waals surface area contributed by atoms with E-state index in [-0.39, 0.29) is 0 Å². The number of rotatable bonds is 2. The van der Waals surface area contributed by atoms with Crippen LogP contribution in [-0.4, -0.2) is 7.25 Å². The second-order valence-corrected chi connectivity index (χ2v) is 3.87. The van der Waals surface area contributed by atoms with E-state index in [1.807, 2.05) is 54.6 Å². The number of azo groups is 1. The maximum Gasteiger partial charge on any atom is 0.673 e. The zero-order valence-corrected chi connectivity index (χ0v) is 10.7. The van der Waals surface area contributed by atoms with Crippen LogP contribution >= 0.6 is 0 Å². The van der Waals surface area contributed by atoms with E-state index in [2.05, 4.69) is 17.2 Å². The summed E-state index contributed by atoms with van der Waals surface area (Å²) in [7, 11) is -6.00. The Bertz CT molecular complexity index is 533. The van der Waals surface area contributed by atoms with Gasteiger partial charge in [-0.3, -0.25) is 0 Å². The van der Waals surface area contributed by atoms with E-state index < -0.39 is 7.25 Å². The quantitative estimate of drug-likeness (QED) is 0.383. The van der Waals surface area contributed by atoms with Crippen molar-refractivity contribution in [2.45, 2.75) is 6.92 Å². The molecule has 2 nitrogen and oxygen atoms in total. The van der Waals surface area contributed by atoms with Gasteiger partial charge in [0, 0.05) is 0 Å². The van der Waals surface area contributed by atoms with Crippen LogP contribution < -0.4 is 0 Å². The van der Waals surface area contributed by atoms with Gasteiger partial charge in [-0.1, -0.05) is 35.9 Å². The van der Waals surface area contributed by atoms with Gasteiger partial charge in [-0.15, -0.1) is 0 Å². The monoisotopic (exact) mass is 283 g/mol. The Morgan fingerprint density at radius 3 is 1.55 bits per heavy atom. The van der Waals surface area contributed by atoms with Crippen molar-refractivity contribution in [1.29, 1.82) is 0 Å². The van der Waals surface area contributed by atoms with Gasteiger partial charge in [-0.25, -0.2) is 0 Å². The molecule has 0 radical (unpaired) electrons. The maximum atomic E-state index is 9.75. The molecule has 0 spiro atoms. The number of aryl methyl sites for hydroxylation is 1. The Morgan fingerprint density at radius 1 is 0.700 bits per heavy atom.